The van der Waals surface area contributed by atoms with E-state index in [1.165, 1.54) is 25.2 Å². The molecule has 0 bridgehead atoms. The standard InChI is InChI=1S/C18H16F7N3O3/c1-9-13(26-15(30)16(19,20)17(21,22)18(23,24)25)10(2)28(27-9)8-11-6-4-5-7-12(11)14(29)31-3/h4-7H,8H2,1-3H3,(H,26,30). The van der Waals surface area contributed by atoms with Gasteiger partial charge in [-0.05, 0) is 25.5 Å². The van der Waals surface area contributed by atoms with Crippen LogP contribution in [0.4, 0.5) is 36.4 Å². The summed E-state index contributed by atoms with van der Waals surface area (Å²) >= 11 is 0. The van der Waals surface area contributed by atoms with Crippen LogP contribution in [-0.2, 0) is 16.1 Å². The first-order chi connectivity index (χ1) is 14.1. The van der Waals surface area contributed by atoms with Crippen LogP contribution in [0, 0.1) is 13.8 Å². The summed E-state index contributed by atoms with van der Waals surface area (Å²) in [4.78, 5) is 23.5. The fourth-order valence-corrected chi connectivity index (χ4v) is 2.67. The summed E-state index contributed by atoms with van der Waals surface area (Å²) in [5.74, 6) is -16.2. The minimum absolute atomic E-state index is 0.0170. The van der Waals surface area contributed by atoms with E-state index in [-0.39, 0.29) is 23.5 Å². The number of methoxy groups -OCH3 is 1. The van der Waals surface area contributed by atoms with Gasteiger partial charge in [-0.15, -0.1) is 0 Å². The number of rotatable bonds is 6. The fraction of sp³-hybridized carbons (Fsp3) is 0.389. The van der Waals surface area contributed by atoms with Crippen molar-refractivity contribution in [3.05, 3.63) is 46.8 Å². The van der Waals surface area contributed by atoms with E-state index in [0.29, 0.717) is 5.56 Å². The largest absolute Gasteiger partial charge is 0.465 e. The number of nitrogens with zero attached hydrogens (tertiary/aromatic N) is 2. The zero-order chi connectivity index (χ0) is 23.8. The molecule has 2 aromatic rings. The first-order valence-electron chi connectivity index (χ1n) is 8.49. The van der Waals surface area contributed by atoms with Crippen molar-refractivity contribution in [3.8, 4) is 0 Å². The van der Waals surface area contributed by atoms with Crippen molar-refractivity contribution in [1.82, 2.24) is 9.78 Å². The maximum absolute atomic E-state index is 13.6. The van der Waals surface area contributed by atoms with Crippen LogP contribution >= 0.6 is 0 Å². The van der Waals surface area contributed by atoms with Gasteiger partial charge in [0.25, 0.3) is 0 Å². The van der Waals surface area contributed by atoms with Crippen LogP contribution < -0.4 is 5.32 Å². The smallest absolute Gasteiger partial charge is 0.460 e. The Morgan fingerprint density at radius 2 is 1.65 bits per heavy atom. The molecule has 0 saturated carbocycles. The lowest BCUT2D eigenvalue weighted by Gasteiger charge is -2.27. The van der Waals surface area contributed by atoms with Crippen molar-refractivity contribution in [2.75, 3.05) is 12.4 Å². The SMILES string of the molecule is COC(=O)c1ccccc1Cn1nc(C)c(NC(=O)C(F)(F)C(F)(F)C(F)(F)F)c1C. The molecule has 170 valence electrons. The van der Waals surface area contributed by atoms with Crippen molar-refractivity contribution in [2.45, 2.75) is 38.4 Å². The van der Waals surface area contributed by atoms with Gasteiger partial charge in [0.05, 0.1) is 36.3 Å². The van der Waals surface area contributed by atoms with Crippen LogP contribution in [0.2, 0.25) is 0 Å². The topological polar surface area (TPSA) is 73.2 Å². The molecule has 0 atom stereocenters. The number of carbonyl (C=O) groups is 2. The lowest BCUT2D eigenvalue weighted by molar-refractivity contribution is -0.343. The van der Waals surface area contributed by atoms with Crippen LogP contribution in [-0.4, -0.2) is 46.8 Å². The van der Waals surface area contributed by atoms with Crippen molar-refractivity contribution in [1.29, 1.82) is 0 Å². The summed E-state index contributed by atoms with van der Waals surface area (Å²) in [7, 11) is 1.16. The third-order valence-electron chi connectivity index (χ3n) is 4.40. The highest BCUT2D eigenvalue weighted by Gasteiger charge is 2.76. The molecule has 1 heterocycles. The lowest BCUT2D eigenvalue weighted by Crippen LogP contribution is -2.57. The molecule has 0 aliphatic heterocycles. The van der Waals surface area contributed by atoms with E-state index in [1.807, 2.05) is 0 Å². The quantitative estimate of drug-likeness (QED) is 0.526. The molecule has 1 amide bonds. The van der Waals surface area contributed by atoms with E-state index in [1.54, 1.807) is 18.2 Å². The molecule has 31 heavy (non-hydrogen) atoms. The Morgan fingerprint density at radius 3 is 2.19 bits per heavy atom. The number of benzene rings is 1. The van der Waals surface area contributed by atoms with Gasteiger partial charge >= 0.3 is 29.9 Å². The zero-order valence-corrected chi connectivity index (χ0v) is 16.3. The number of halogens is 7. The van der Waals surface area contributed by atoms with Gasteiger partial charge in [-0.3, -0.25) is 9.48 Å². The molecular weight excluding hydrogens is 439 g/mol. The molecule has 1 aromatic carbocycles. The minimum Gasteiger partial charge on any atom is -0.465 e. The van der Waals surface area contributed by atoms with Crippen LogP contribution in [0.25, 0.3) is 0 Å². The molecule has 13 heteroatoms. The van der Waals surface area contributed by atoms with E-state index in [2.05, 4.69) is 9.84 Å². The third-order valence-corrected chi connectivity index (χ3v) is 4.40. The zero-order valence-electron chi connectivity index (χ0n) is 16.3. The molecule has 2 rings (SSSR count). The number of hydrogen-bond donors (Lipinski definition) is 1. The van der Waals surface area contributed by atoms with Crippen molar-refractivity contribution in [3.63, 3.8) is 0 Å². The fourth-order valence-electron chi connectivity index (χ4n) is 2.67. The number of anilines is 1. The van der Waals surface area contributed by atoms with Gasteiger partial charge in [-0.2, -0.15) is 35.8 Å². The monoisotopic (exact) mass is 455 g/mol. The number of aryl methyl sites for hydroxylation is 1. The van der Waals surface area contributed by atoms with Gasteiger partial charge in [-0.1, -0.05) is 18.2 Å². The summed E-state index contributed by atoms with van der Waals surface area (Å²) in [6, 6.07) is 6.15. The summed E-state index contributed by atoms with van der Waals surface area (Å²) in [5.41, 5.74) is -0.0337. The van der Waals surface area contributed by atoms with Gasteiger partial charge in [0.1, 0.15) is 0 Å². The van der Waals surface area contributed by atoms with Gasteiger partial charge in [0.15, 0.2) is 0 Å². The number of ether oxygens (including phenoxy) is 1. The number of hydrogen-bond acceptors (Lipinski definition) is 4. The second-order valence-electron chi connectivity index (χ2n) is 6.45. The normalized spacial score (nSPS) is 12.6. The van der Waals surface area contributed by atoms with E-state index in [4.69, 9.17) is 0 Å². The summed E-state index contributed by atoms with van der Waals surface area (Å²) in [6.45, 7) is 2.39. The molecular formula is C18H16F7N3O3. The number of aromatic nitrogens is 2. The first-order valence-corrected chi connectivity index (χ1v) is 8.49. The van der Waals surface area contributed by atoms with Crippen LogP contribution in [0.3, 0.4) is 0 Å². The van der Waals surface area contributed by atoms with Crippen LogP contribution in [0.5, 0.6) is 0 Å². The predicted octanol–water partition coefficient (Wildman–Crippen LogP) is 4.11. The highest BCUT2D eigenvalue weighted by molar-refractivity contribution is 5.98. The molecule has 0 fully saturated rings. The Labute approximate surface area is 171 Å². The number of alkyl halides is 7. The number of nitrogens with one attached hydrogen (secondary N) is 1. The van der Waals surface area contributed by atoms with Crippen LogP contribution in [0.15, 0.2) is 24.3 Å². The van der Waals surface area contributed by atoms with E-state index in [0.717, 1.165) is 11.8 Å². The molecule has 0 unspecified atom stereocenters. The van der Waals surface area contributed by atoms with Gasteiger partial charge < -0.3 is 10.1 Å². The van der Waals surface area contributed by atoms with Gasteiger partial charge in [-0.25, -0.2) is 4.79 Å². The Morgan fingerprint density at radius 1 is 1.06 bits per heavy atom. The maximum Gasteiger partial charge on any atom is 0.460 e. The van der Waals surface area contributed by atoms with Crippen molar-refractivity contribution in [2.24, 2.45) is 0 Å². The molecule has 0 aliphatic carbocycles. The predicted molar refractivity (Wildman–Crippen MR) is 93.2 cm³/mol. The Hall–Kier alpha value is -3.12. The summed E-state index contributed by atoms with van der Waals surface area (Å²) in [6.07, 6.45) is -6.64. The third kappa shape index (κ3) is 4.35. The Kier molecular flexibility index (Phi) is 6.38. The number of carbonyl (C=O) groups excluding carboxylic acids is 2. The van der Waals surface area contributed by atoms with Crippen molar-refractivity contribution >= 4 is 17.6 Å². The average molecular weight is 455 g/mol. The Balaban J connectivity index is 2.35. The van der Waals surface area contributed by atoms with Crippen LogP contribution in [0.1, 0.15) is 27.3 Å². The van der Waals surface area contributed by atoms with Crippen molar-refractivity contribution < 1.29 is 45.1 Å². The molecule has 1 N–H and O–H groups in total. The number of amides is 1. The second-order valence-corrected chi connectivity index (χ2v) is 6.45. The highest BCUT2D eigenvalue weighted by atomic mass is 19.4. The molecule has 0 radical (unpaired) electrons. The summed E-state index contributed by atoms with van der Waals surface area (Å²) < 4.78 is 96.2. The second kappa shape index (κ2) is 8.19. The molecule has 0 spiro atoms. The molecule has 0 saturated heterocycles. The molecule has 0 aliphatic rings. The molecule has 1 aromatic heterocycles. The minimum atomic E-state index is -6.64. The maximum atomic E-state index is 13.6. The lowest BCUT2D eigenvalue weighted by atomic mass is 10.1. The first kappa shape index (κ1) is 24.2. The van der Waals surface area contributed by atoms with E-state index in [9.17, 15) is 40.3 Å². The van der Waals surface area contributed by atoms with Gasteiger partial charge in [0, 0.05) is 0 Å². The van der Waals surface area contributed by atoms with E-state index < -0.39 is 35.6 Å². The molecule has 6 nitrogen and oxygen atoms in total. The van der Waals surface area contributed by atoms with Gasteiger partial charge in [0.2, 0.25) is 0 Å². The van der Waals surface area contributed by atoms with E-state index >= 15 is 0 Å². The Bertz CT molecular complexity index is 1000. The summed E-state index contributed by atoms with van der Waals surface area (Å²) in [5, 5.41) is 5.38. The number of esters is 1. The highest BCUT2D eigenvalue weighted by Crippen LogP contribution is 2.47. The average Bonchev–Trinajstić information content (AvgIpc) is 2.94.